The lowest BCUT2D eigenvalue weighted by Gasteiger charge is -2.08. The summed E-state index contributed by atoms with van der Waals surface area (Å²) in [5, 5.41) is 0.991. The smallest absolute Gasteiger partial charge is 0.354 e. The summed E-state index contributed by atoms with van der Waals surface area (Å²) < 4.78 is 10.8. The molecule has 0 bridgehead atoms. The average Bonchev–Trinajstić information content (AvgIpc) is 2.97. The fraction of sp³-hybridized carbons (Fsp3) is 0.167. The van der Waals surface area contributed by atoms with Crippen LogP contribution in [-0.4, -0.2) is 24.2 Å². The molecule has 0 saturated heterocycles. The number of hydrogen-bond acceptors (Lipinski definition) is 3. The lowest BCUT2D eigenvalue weighted by molar-refractivity contribution is 0.0444. The van der Waals surface area contributed by atoms with Crippen molar-refractivity contribution in [2.75, 3.05) is 13.2 Å². The number of rotatable bonds is 5. The summed E-state index contributed by atoms with van der Waals surface area (Å²) in [5.41, 5.74) is 2.44. The third-order valence-electron chi connectivity index (χ3n) is 3.42. The van der Waals surface area contributed by atoms with Gasteiger partial charge in [-0.15, -0.1) is 0 Å². The van der Waals surface area contributed by atoms with E-state index in [0.717, 1.165) is 22.2 Å². The molecule has 3 aromatic rings. The van der Waals surface area contributed by atoms with E-state index < -0.39 is 0 Å². The standard InChI is InChI=1S/C18H17NO3/c1-13-6-2-5-9-17(13)21-10-11-22-18(20)16-12-14-7-3-4-8-15(14)19-16/h2-9,12,19H,10-11H2,1H3. The highest BCUT2D eigenvalue weighted by atomic mass is 16.6. The summed E-state index contributed by atoms with van der Waals surface area (Å²) in [7, 11) is 0. The Bertz CT molecular complexity index is 759. The third kappa shape index (κ3) is 3.11. The van der Waals surface area contributed by atoms with Gasteiger partial charge in [0.1, 0.15) is 24.7 Å². The zero-order chi connectivity index (χ0) is 15.4. The van der Waals surface area contributed by atoms with E-state index in [9.17, 15) is 4.79 Å². The number of ether oxygens (including phenoxy) is 2. The highest BCUT2D eigenvalue weighted by Crippen LogP contribution is 2.17. The predicted octanol–water partition coefficient (Wildman–Crippen LogP) is 3.71. The molecule has 112 valence electrons. The van der Waals surface area contributed by atoms with Crippen LogP contribution in [0.2, 0.25) is 0 Å². The molecule has 0 aliphatic carbocycles. The number of carbonyl (C=O) groups excluding carboxylic acids is 1. The first-order valence-electron chi connectivity index (χ1n) is 7.17. The summed E-state index contributed by atoms with van der Waals surface area (Å²) in [6, 6.07) is 17.3. The molecule has 4 heteroatoms. The summed E-state index contributed by atoms with van der Waals surface area (Å²) in [6.45, 7) is 2.52. The molecule has 22 heavy (non-hydrogen) atoms. The predicted molar refractivity (Wildman–Crippen MR) is 85.3 cm³/mol. The number of nitrogens with one attached hydrogen (secondary N) is 1. The second kappa shape index (κ2) is 6.35. The second-order valence-corrected chi connectivity index (χ2v) is 5.02. The van der Waals surface area contributed by atoms with E-state index in [-0.39, 0.29) is 12.6 Å². The van der Waals surface area contributed by atoms with Gasteiger partial charge in [0.25, 0.3) is 0 Å². The van der Waals surface area contributed by atoms with E-state index in [1.165, 1.54) is 0 Å². The van der Waals surface area contributed by atoms with Crippen molar-refractivity contribution in [2.45, 2.75) is 6.92 Å². The number of para-hydroxylation sites is 2. The first-order chi connectivity index (χ1) is 10.7. The Balaban J connectivity index is 1.53. The number of carbonyl (C=O) groups is 1. The Hall–Kier alpha value is -2.75. The fourth-order valence-corrected chi connectivity index (χ4v) is 2.27. The highest BCUT2D eigenvalue weighted by molar-refractivity contribution is 5.94. The van der Waals surface area contributed by atoms with Gasteiger partial charge in [-0.25, -0.2) is 4.79 Å². The van der Waals surface area contributed by atoms with Crippen molar-refractivity contribution in [2.24, 2.45) is 0 Å². The number of hydrogen-bond donors (Lipinski definition) is 1. The molecule has 1 N–H and O–H groups in total. The van der Waals surface area contributed by atoms with Gasteiger partial charge in [0, 0.05) is 10.9 Å². The van der Waals surface area contributed by atoms with Crippen molar-refractivity contribution in [1.29, 1.82) is 0 Å². The molecular weight excluding hydrogens is 278 g/mol. The molecule has 0 aliphatic heterocycles. The number of aryl methyl sites for hydroxylation is 1. The van der Waals surface area contributed by atoms with Gasteiger partial charge >= 0.3 is 5.97 Å². The molecule has 0 aliphatic rings. The van der Waals surface area contributed by atoms with E-state index in [2.05, 4.69) is 4.98 Å². The molecule has 0 radical (unpaired) electrons. The molecule has 0 saturated carbocycles. The lowest BCUT2D eigenvalue weighted by atomic mass is 10.2. The Morgan fingerprint density at radius 1 is 1.05 bits per heavy atom. The van der Waals surface area contributed by atoms with E-state index >= 15 is 0 Å². The number of fused-ring (bicyclic) bond motifs is 1. The van der Waals surface area contributed by atoms with Crippen LogP contribution in [-0.2, 0) is 4.74 Å². The normalized spacial score (nSPS) is 10.6. The molecule has 3 rings (SSSR count). The average molecular weight is 295 g/mol. The van der Waals surface area contributed by atoms with Gasteiger partial charge in [-0.2, -0.15) is 0 Å². The number of aromatic nitrogens is 1. The maximum Gasteiger partial charge on any atom is 0.354 e. The largest absolute Gasteiger partial charge is 0.490 e. The maximum absolute atomic E-state index is 12.0. The van der Waals surface area contributed by atoms with Gasteiger partial charge in [0.15, 0.2) is 0 Å². The quantitative estimate of drug-likeness (QED) is 0.576. The minimum Gasteiger partial charge on any atom is -0.490 e. The van der Waals surface area contributed by atoms with Gasteiger partial charge in [-0.05, 0) is 30.7 Å². The number of H-pyrrole nitrogens is 1. The molecule has 0 atom stereocenters. The van der Waals surface area contributed by atoms with E-state index in [1.807, 2.05) is 55.5 Å². The van der Waals surface area contributed by atoms with Crippen LogP contribution in [0.3, 0.4) is 0 Å². The van der Waals surface area contributed by atoms with Crippen molar-refractivity contribution >= 4 is 16.9 Å². The summed E-state index contributed by atoms with van der Waals surface area (Å²) in [6.07, 6.45) is 0. The van der Waals surface area contributed by atoms with Crippen molar-refractivity contribution < 1.29 is 14.3 Å². The monoisotopic (exact) mass is 295 g/mol. The van der Waals surface area contributed by atoms with E-state index in [1.54, 1.807) is 6.07 Å². The van der Waals surface area contributed by atoms with Crippen LogP contribution in [0.15, 0.2) is 54.6 Å². The van der Waals surface area contributed by atoms with E-state index in [4.69, 9.17) is 9.47 Å². The van der Waals surface area contributed by atoms with Crippen molar-refractivity contribution in [1.82, 2.24) is 4.98 Å². The minimum atomic E-state index is -0.371. The van der Waals surface area contributed by atoms with Crippen molar-refractivity contribution in [3.05, 3.63) is 65.9 Å². The van der Waals surface area contributed by atoms with Crippen LogP contribution in [0.25, 0.3) is 10.9 Å². The van der Waals surface area contributed by atoms with E-state index in [0.29, 0.717) is 12.3 Å². The van der Waals surface area contributed by atoms with Gasteiger partial charge in [0.05, 0.1) is 0 Å². The fourth-order valence-electron chi connectivity index (χ4n) is 2.27. The Kier molecular flexibility index (Phi) is 4.10. The van der Waals surface area contributed by atoms with Crippen molar-refractivity contribution in [3.8, 4) is 5.75 Å². The van der Waals surface area contributed by atoms with Crippen LogP contribution >= 0.6 is 0 Å². The molecule has 0 spiro atoms. The Morgan fingerprint density at radius 2 is 1.82 bits per heavy atom. The van der Waals surface area contributed by atoms with Gasteiger partial charge in [0.2, 0.25) is 0 Å². The van der Waals surface area contributed by atoms with Gasteiger partial charge in [-0.1, -0.05) is 36.4 Å². The molecule has 0 fully saturated rings. The maximum atomic E-state index is 12.0. The summed E-state index contributed by atoms with van der Waals surface area (Å²) in [5.74, 6) is 0.439. The van der Waals surface area contributed by atoms with Crippen LogP contribution in [0, 0.1) is 6.92 Å². The lowest BCUT2D eigenvalue weighted by Crippen LogP contribution is -2.12. The second-order valence-electron chi connectivity index (χ2n) is 5.02. The summed E-state index contributed by atoms with van der Waals surface area (Å²) in [4.78, 5) is 15.0. The van der Waals surface area contributed by atoms with Crippen LogP contribution < -0.4 is 4.74 Å². The Labute approximate surface area is 128 Å². The van der Waals surface area contributed by atoms with Crippen LogP contribution in [0.4, 0.5) is 0 Å². The molecule has 2 aromatic carbocycles. The number of esters is 1. The molecule has 4 nitrogen and oxygen atoms in total. The van der Waals surface area contributed by atoms with Crippen LogP contribution in [0.5, 0.6) is 5.75 Å². The first kappa shape index (κ1) is 14.2. The topological polar surface area (TPSA) is 51.3 Å². The molecule has 1 aromatic heterocycles. The highest BCUT2D eigenvalue weighted by Gasteiger charge is 2.10. The van der Waals surface area contributed by atoms with Gasteiger partial charge in [-0.3, -0.25) is 0 Å². The summed E-state index contributed by atoms with van der Waals surface area (Å²) >= 11 is 0. The molecule has 0 amide bonds. The van der Waals surface area contributed by atoms with Crippen molar-refractivity contribution in [3.63, 3.8) is 0 Å². The zero-order valence-corrected chi connectivity index (χ0v) is 12.3. The molecule has 1 heterocycles. The van der Waals surface area contributed by atoms with Crippen LogP contribution in [0.1, 0.15) is 16.1 Å². The van der Waals surface area contributed by atoms with Gasteiger partial charge < -0.3 is 14.5 Å². The first-order valence-corrected chi connectivity index (χ1v) is 7.17. The number of aromatic amines is 1. The third-order valence-corrected chi connectivity index (χ3v) is 3.42. The Morgan fingerprint density at radius 3 is 2.64 bits per heavy atom. The SMILES string of the molecule is Cc1ccccc1OCCOC(=O)c1cc2ccccc2[nH]1. The zero-order valence-electron chi connectivity index (χ0n) is 12.3. The molecular formula is C18H17NO3. The number of benzene rings is 2. The minimum absolute atomic E-state index is 0.211. The molecule has 0 unspecified atom stereocenters.